The zero-order valence-electron chi connectivity index (χ0n) is 10.6. The highest BCUT2D eigenvalue weighted by Crippen LogP contribution is 2.40. The third-order valence-electron chi connectivity index (χ3n) is 3.86. The van der Waals surface area contributed by atoms with Gasteiger partial charge in [-0.2, -0.15) is 0 Å². The highest BCUT2D eigenvalue weighted by molar-refractivity contribution is 5.90. The van der Waals surface area contributed by atoms with Crippen LogP contribution in [0.2, 0.25) is 0 Å². The van der Waals surface area contributed by atoms with Crippen LogP contribution in [0.3, 0.4) is 0 Å². The molecule has 1 heterocycles. The molecule has 1 aliphatic carbocycles. The second kappa shape index (κ2) is 4.74. The fourth-order valence-electron chi connectivity index (χ4n) is 2.67. The van der Waals surface area contributed by atoms with Crippen LogP contribution in [0.25, 0.3) is 0 Å². The predicted octanol–water partition coefficient (Wildman–Crippen LogP) is 1.95. The van der Waals surface area contributed by atoms with Crippen LogP contribution in [0, 0.1) is 5.92 Å². The van der Waals surface area contributed by atoms with Gasteiger partial charge in [-0.15, -0.1) is 0 Å². The van der Waals surface area contributed by atoms with Gasteiger partial charge in [-0.1, -0.05) is 0 Å². The molecule has 0 spiro atoms. The topological polar surface area (TPSA) is 84.6 Å². The van der Waals surface area contributed by atoms with Crippen LogP contribution in [-0.2, 0) is 4.74 Å². The standard InChI is InChI=1S/C14H18N2O3/c15-10-4-3-9(14(17)18)7-12(10)16-11-5-6-19-13(11)8-1-2-8/h3-4,7-8,11,13,16H,1-2,5-6,15H2,(H,17,18). The van der Waals surface area contributed by atoms with Gasteiger partial charge in [0.15, 0.2) is 0 Å². The van der Waals surface area contributed by atoms with Gasteiger partial charge >= 0.3 is 5.97 Å². The SMILES string of the molecule is Nc1ccc(C(=O)O)cc1NC1CCOC1C1CC1. The van der Waals surface area contributed by atoms with Gasteiger partial charge in [0.25, 0.3) is 0 Å². The number of benzene rings is 1. The Morgan fingerprint density at radius 3 is 2.84 bits per heavy atom. The van der Waals surface area contributed by atoms with Crippen molar-refractivity contribution < 1.29 is 14.6 Å². The molecule has 2 unspecified atom stereocenters. The first-order chi connectivity index (χ1) is 9.15. The monoisotopic (exact) mass is 262 g/mol. The third-order valence-corrected chi connectivity index (χ3v) is 3.86. The number of rotatable bonds is 4. The number of aromatic carboxylic acids is 1. The Labute approximate surface area is 111 Å². The number of hydrogen-bond donors (Lipinski definition) is 3. The number of anilines is 2. The molecule has 2 atom stereocenters. The molecule has 5 nitrogen and oxygen atoms in total. The minimum atomic E-state index is -0.940. The summed E-state index contributed by atoms with van der Waals surface area (Å²) < 4.78 is 5.76. The van der Waals surface area contributed by atoms with Crippen LogP contribution in [0.15, 0.2) is 18.2 Å². The van der Waals surface area contributed by atoms with Crippen LogP contribution in [0.1, 0.15) is 29.6 Å². The zero-order chi connectivity index (χ0) is 13.4. The second-order valence-electron chi connectivity index (χ2n) is 5.32. The molecule has 0 radical (unpaired) electrons. The van der Waals surface area contributed by atoms with Crippen LogP contribution in [-0.4, -0.2) is 29.8 Å². The molecule has 0 bridgehead atoms. The molecular formula is C14H18N2O3. The Bertz CT molecular complexity index is 499. The molecule has 1 aromatic rings. The summed E-state index contributed by atoms with van der Waals surface area (Å²) in [6, 6.07) is 4.99. The maximum absolute atomic E-state index is 11.0. The minimum absolute atomic E-state index is 0.235. The largest absolute Gasteiger partial charge is 0.478 e. The third kappa shape index (κ3) is 2.51. The molecule has 19 heavy (non-hydrogen) atoms. The number of hydrogen-bond acceptors (Lipinski definition) is 4. The lowest BCUT2D eigenvalue weighted by Crippen LogP contribution is -2.31. The summed E-state index contributed by atoms with van der Waals surface area (Å²) in [7, 11) is 0. The van der Waals surface area contributed by atoms with Crippen molar-refractivity contribution in [2.24, 2.45) is 5.92 Å². The van der Waals surface area contributed by atoms with Gasteiger partial charge in [0, 0.05) is 6.61 Å². The van der Waals surface area contributed by atoms with E-state index >= 15 is 0 Å². The molecule has 0 amide bonds. The van der Waals surface area contributed by atoms with Crippen molar-refractivity contribution in [2.45, 2.75) is 31.4 Å². The summed E-state index contributed by atoms with van der Waals surface area (Å²) in [6.07, 6.45) is 3.65. The normalized spacial score (nSPS) is 26.3. The Kier molecular flexibility index (Phi) is 3.06. The highest BCUT2D eigenvalue weighted by Gasteiger charge is 2.40. The van der Waals surface area contributed by atoms with E-state index in [1.165, 1.54) is 18.9 Å². The van der Waals surface area contributed by atoms with Crippen molar-refractivity contribution in [2.75, 3.05) is 17.7 Å². The predicted molar refractivity (Wildman–Crippen MR) is 72.3 cm³/mol. The summed E-state index contributed by atoms with van der Waals surface area (Å²) >= 11 is 0. The van der Waals surface area contributed by atoms with Crippen molar-refractivity contribution in [1.29, 1.82) is 0 Å². The van der Waals surface area contributed by atoms with E-state index in [9.17, 15) is 4.79 Å². The van der Waals surface area contributed by atoms with Crippen LogP contribution in [0.4, 0.5) is 11.4 Å². The summed E-state index contributed by atoms with van der Waals surface area (Å²) in [5.74, 6) is -0.284. The van der Waals surface area contributed by atoms with Crippen molar-refractivity contribution >= 4 is 17.3 Å². The molecule has 0 aromatic heterocycles. The van der Waals surface area contributed by atoms with E-state index in [-0.39, 0.29) is 17.7 Å². The van der Waals surface area contributed by atoms with E-state index in [4.69, 9.17) is 15.6 Å². The Morgan fingerprint density at radius 2 is 2.16 bits per heavy atom. The van der Waals surface area contributed by atoms with E-state index in [1.807, 2.05) is 0 Å². The van der Waals surface area contributed by atoms with E-state index in [0.717, 1.165) is 13.0 Å². The lowest BCUT2D eigenvalue weighted by atomic mass is 10.1. The average molecular weight is 262 g/mol. The smallest absolute Gasteiger partial charge is 0.335 e. The molecule has 1 saturated carbocycles. The molecule has 102 valence electrons. The van der Waals surface area contributed by atoms with Gasteiger partial charge in [-0.3, -0.25) is 0 Å². The minimum Gasteiger partial charge on any atom is -0.478 e. The Morgan fingerprint density at radius 1 is 1.37 bits per heavy atom. The Balaban J connectivity index is 1.78. The van der Waals surface area contributed by atoms with E-state index < -0.39 is 5.97 Å². The summed E-state index contributed by atoms with van der Waals surface area (Å²) in [4.78, 5) is 11.0. The van der Waals surface area contributed by atoms with Gasteiger partial charge in [-0.25, -0.2) is 4.79 Å². The number of nitrogen functional groups attached to an aromatic ring is 1. The van der Waals surface area contributed by atoms with Gasteiger partial charge in [0.05, 0.1) is 29.1 Å². The average Bonchev–Trinajstić information content (AvgIpc) is 3.12. The highest BCUT2D eigenvalue weighted by atomic mass is 16.5. The fraction of sp³-hybridized carbons (Fsp3) is 0.500. The summed E-state index contributed by atoms with van der Waals surface area (Å²) in [5.41, 5.74) is 7.43. The number of carboxylic acid groups (broad SMARTS) is 1. The van der Waals surface area contributed by atoms with Gasteiger partial charge in [-0.05, 0) is 43.4 Å². The number of ether oxygens (including phenoxy) is 1. The number of nitrogens with one attached hydrogen (secondary N) is 1. The first kappa shape index (κ1) is 12.3. The van der Waals surface area contributed by atoms with E-state index in [2.05, 4.69) is 5.32 Å². The number of carboxylic acids is 1. The van der Waals surface area contributed by atoms with Crippen molar-refractivity contribution in [3.63, 3.8) is 0 Å². The Hall–Kier alpha value is -1.75. The summed E-state index contributed by atoms with van der Waals surface area (Å²) in [5, 5.41) is 12.4. The van der Waals surface area contributed by atoms with Crippen molar-refractivity contribution in [3.8, 4) is 0 Å². The fourth-order valence-corrected chi connectivity index (χ4v) is 2.67. The van der Waals surface area contributed by atoms with Crippen LogP contribution >= 0.6 is 0 Å². The second-order valence-corrected chi connectivity index (χ2v) is 5.32. The molecule has 2 aliphatic rings. The van der Waals surface area contributed by atoms with Gasteiger partial charge in [0.1, 0.15) is 0 Å². The maximum Gasteiger partial charge on any atom is 0.335 e. The molecule has 2 fully saturated rings. The molecule has 1 aromatic carbocycles. The van der Waals surface area contributed by atoms with Gasteiger partial charge in [0.2, 0.25) is 0 Å². The quantitative estimate of drug-likeness (QED) is 0.722. The van der Waals surface area contributed by atoms with Crippen molar-refractivity contribution in [1.82, 2.24) is 0 Å². The number of nitrogens with two attached hydrogens (primary N) is 1. The van der Waals surface area contributed by atoms with Crippen LogP contribution < -0.4 is 11.1 Å². The van der Waals surface area contributed by atoms with E-state index in [1.54, 1.807) is 12.1 Å². The lowest BCUT2D eigenvalue weighted by molar-refractivity contribution is 0.0697. The molecule has 1 aliphatic heterocycles. The lowest BCUT2D eigenvalue weighted by Gasteiger charge is -2.21. The molecule has 3 rings (SSSR count). The zero-order valence-corrected chi connectivity index (χ0v) is 10.6. The summed E-state index contributed by atoms with van der Waals surface area (Å²) in [6.45, 7) is 0.761. The van der Waals surface area contributed by atoms with E-state index in [0.29, 0.717) is 17.3 Å². The molecule has 5 heteroatoms. The molecule has 4 N–H and O–H groups in total. The van der Waals surface area contributed by atoms with Crippen molar-refractivity contribution in [3.05, 3.63) is 23.8 Å². The van der Waals surface area contributed by atoms with Gasteiger partial charge < -0.3 is 20.9 Å². The first-order valence-corrected chi connectivity index (χ1v) is 6.66. The molecular weight excluding hydrogens is 244 g/mol. The van der Waals surface area contributed by atoms with Crippen LogP contribution in [0.5, 0.6) is 0 Å². The maximum atomic E-state index is 11.0. The number of carbonyl (C=O) groups is 1. The first-order valence-electron chi connectivity index (χ1n) is 6.66. The molecule has 1 saturated heterocycles.